The van der Waals surface area contributed by atoms with Crippen LogP contribution in [0.5, 0.6) is 0 Å². The van der Waals surface area contributed by atoms with E-state index in [0.717, 1.165) is 17.4 Å². The molecule has 17 heavy (non-hydrogen) atoms. The van der Waals surface area contributed by atoms with Crippen molar-refractivity contribution in [3.63, 3.8) is 0 Å². The number of H-pyrrole nitrogens is 1. The summed E-state index contributed by atoms with van der Waals surface area (Å²) < 4.78 is 1.43. The molecule has 2 aromatic heterocycles. The quantitative estimate of drug-likeness (QED) is 0.675. The Balaban J connectivity index is 2.32. The Labute approximate surface area is 95.2 Å². The minimum atomic E-state index is -0.406. The zero-order valence-corrected chi connectivity index (χ0v) is 9.02. The van der Waals surface area contributed by atoms with Crippen LogP contribution in [0.1, 0.15) is 6.92 Å². The lowest BCUT2D eigenvalue weighted by atomic mass is 10.2. The van der Waals surface area contributed by atoms with E-state index in [0.29, 0.717) is 17.0 Å². The Morgan fingerprint density at radius 3 is 3.12 bits per heavy atom. The first-order valence-corrected chi connectivity index (χ1v) is 5.06. The number of aldehydes is 1. The number of carbonyl (C=O) groups is 1. The largest absolute Gasteiger partial charge is 0.351 e. The molecule has 0 saturated heterocycles. The minimum Gasteiger partial charge on any atom is -0.344 e. The summed E-state index contributed by atoms with van der Waals surface area (Å²) in [6, 6.07) is 0. The fourth-order valence-electron chi connectivity index (χ4n) is 1.89. The van der Waals surface area contributed by atoms with E-state index in [1.54, 1.807) is 13.1 Å². The van der Waals surface area contributed by atoms with E-state index in [4.69, 9.17) is 0 Å². The lowest BCUT2D eigenvalue weighted by molar-refractivity contribution is -0.105. The first kappa shape index (κ1) is 9.76. The molecule has 2 aromatic rings. The summed E-state index contributed by atoms with van der Waals surface area (Å²) in [5.41, 5.74) is 1.32. The van der Waals surface area contributed by atoms with Gasteiger partial charge in [0.05, 0.1) is 18.1 Å². The molecule has 0 aromatic carbocycles. The maximum atomic E-state index is 11.8. The average Bonchev–Trinajstić information content (AvgIpc) is 2.76. The molecule has 0 fully saturated rings. The third-order valence-corrected chi connectivity index (χ3v) is 2.84. The highest BCUT2D eigenvalue weighted by molar-refractivity contribution is 5.88. The summed E-state index contributed by atoms with van der Waals surface area (Å²) in [5.74, 6) is 0.622. The molecule has 0 radical (unpaired) electrons. The van der Waals surface area contributed by atoms with Crippen LogP contribution in [-0.4, -0.2) is 26.0 Å². The van der Waals surface area contributed by atoms with Crippen LogP contribution in [0.3, 0.4) is 0 Å². The smallest absolute Gasteiger partial charge is 0.344 e. The molecule has 86 valence electrons. The summed E-state index contributed by atoms with van der Waals surface area (Å²) in [5, 5.41) is 10.3. The Bertz CT molecular complexity index is 709. The van der Waals surface area contributed by atoms with Crippen molar-refractivity contribution in [3.05, 3.63) is 28.0 Å². The molecule has 0 spiro atoms. The van der Waals surface area contributed by atoms with Gasteiger partial charge in [-0.25, -0.2) is 4.79 Å². The molecule has 3 rings (SSSR count). The third-order valence-electron chi connectivity index (χ3n) is 2.84. The minimum absolute atomic E-state index is 0.241. The van der Waals surface area contributed by atoms with Gasteiger partial charge in [0.15, 0.2) is 5.65 Å². The van der Waals surface area contributed by atoms with Crippen molar-refractivity contribution in [1.29, 1.82) is 0 Å². The first-order valence-electron chi connectivity index (χ1n) is 5.06. The normalized spacial score (nSPS) is 14.6. The predicted molar refractivity (Wildman–Crippen MR) is 60.5 cm³/mol. The molecule has 7 nitrogen and oxygen atoms in total. The molecular formula is C10H9N5O2. The van der Waals surface area contributed by atoms with Crippen molar-refractivity contribution in [2.24, 2.45) is 0 Å². The topological polar surface area (TPSA) is 92.7 Å². The molecule has 7 heteroatoms. The van der Waals surface area contributed by atoms with Crippen molar-refractivity contribution in [2.45, 2.75) is 13.5 Å². The number of allylic oxidation sites excluding steroid dienone is 2. The molecule has 0 unspecified atom stereocenters. The van der Waals surface area contributed by atoms with Gasteiger partial charge in [-0.15, -0.1) is 0 Å². The lowest BCUT2D eigenvalue weighted by Gasteiger charge is -2.21. The van der Waals surface area contributed by atoms with Crippen LogP contribution in [0, 0.1) is 0 Å². The molecular weight excluding hydrogens is 222 g/mol. The van der Waals surface area contributed by atoms with Crippen molar-refractivity contribution in [3.8, 4) is 0 Å². The maximum absolute atomic E-state index is 11.8. The first-order chi connectivity index (χ1) is 8.20. The number of hydrogen-bond donors (Lipinski definition) is 2. The summed E-state index contributed by atoms with van der Waals surface area (Å²) in [7, 11) is 0. The number of hydrogen-bond acceptors (Lipinski definition) is 5. The van der Waals surface area contributed by atoms with Crippen LogP contribution in [0.15, 0.2) is 22.3 Å². The molecule has 0 atom stereocenters. The zero-order chi connectivity index (χ0) is 12.0. The number of anilines is 1. The van der Waals surface area contributed by atoms with Gasteiger partial charge < -0.3 is 5.32 Å². The van der Waals surface area contributed by atoms with Crippen LogP contribution in [-0.2, 0) is 11.3 Å². The van der Waals surface area contributed by atoms with Gasteiger partial charge in [-0.3, -0.25) is 14.5 Å². The van der Waals surface area contributed by atoms with E-state index in [-0.39, 0.29) is 6.54 Å². The van der Waals surface area contributed by atoms with Crippen molar-refractivity contribution < 1.29 is 4.79 Å². The van der Waals surface area contributed by atoms with E-state index in [1.165, 1.54) is 4.57 Å². The Morgan fingerprint density at radius 1 is 1.53 bits per heavy atom. The summed E-state index contributed by atoms with van der Waals surface area (Å²) in [4.78, 5) is 26.5. The van der Waals surface area contributed by atoms with Crippen LogP contribution in [0.4, 0.5) is 5.82 Å². The second-order valence-corrected chi connectivity index (χ2v) is 3.85. The van der Waals surface area contributed by atoms with E-state index < -0.39 is 5.69 Å². The van der Waals surface area contributed by atoms with Crippen molar-refractivity contribution in [1.82, 2.24) is 19.7 Å². The summed E-state index contributed by atoms with van der Waals surface area (Å²) in [6.45, 7) is 2.04. The molecule has 0 bridgehead atoms. The molecule has 3 heterocycles. The van der Waals surface area contributed by atoms with Gasteiger partial charge in [0.1, 0.15) is 12.1 Å². The average molecular weight is 231 g/mol. The maximum Gasteiger partial charge on any atom is 0.351 e. The highest BCUT2D eigenvalue weighted by Gasteiger charge is 2.19. The fraction of sp³-hybridized carbons (Fsp3) is 0.200. The Kier molecular flexibility index (Phi) is 1.88. The number of aromatic nitrogens is 4. The predicted octanol–water partition coefficient (Wildman–Crippen LogP) is 0.0180. The standard InChI is InChI=1S/C10H9N5O2/c1-5-6(4-16)3-15-9(12-5)7-2-11-14-8(7)13-10(15)17/h2,4,12H,3H2,1H3,(H,13,14,17). The van der Waals surface area contributed by atoms with E-state index >= 15 is 0 Å². The van der Waals surface area contributed by atoms with Crippen molar-refractivity contribution in [2.75, 3.05) is 5.32 Å². The van der Waals surface area contributed by atoms with Crippen LogP contribution in [0.25, 0.3) is 11.0 Å². The summed E-state index contributed by atoms with van der Waals surface area (Å²) in [6.07, 6.45) is 2.34. The molecule has 1 aliphatic rings. The number of rotatable bonds is 1. The van der Waals surface area contributed by atoms with E-state index in [9.17, 15) is 9.59 Å². The van der Waals surface area contributed by atoms with Gasteiger partial charge in [-0.2, -0.15) is 10.1 Å². The van der Waals surface area contributed by atoms with E-state index in [2.05, 4.69) is 20.5 Å². The van der Waals surface area contributed by atoms with Crippen LogP contribution >= 0.6 is 0 Å². The zero-order valence-electron chi connectivity index (χ0n) is 9.02. The number of fused-ring (bicyclic) bond motifs is 3. The SMILES string of the molecule is CC1=C(C=O)Cn2c(c3cn[nH]c3nc2=O)N1. The van der Waals surface area contributed by atoms with Crippen molar-refractivity contribution >= 4 is 23.1 Å². The summed E-state index contributed by atoms with van der Waals surface area (Å²) >= 11 is 0. The number of nitrogens with one attached hydrogen (secondary N) is 2. The molecule has 2 N–H and O–H groups in total. The van der Waals surface area contributed by atoms with Crippen LogP contribution in [0.2, 0.25) is 0 Å². The second kappa shape index (κ2) is 3.27. The van der Waals surface area contributed by atoms with Gasteiger partial charge in [0, 0.05) is 11.3 Å². The molecule has 0 saturated carbocycles. The number of aromatic amines is 1. The molecule has 0 aliphatic carbocycles. The highest BCUT2D eigenvalue weighted by Crippen LogP contribution is 2.24. The highest BCUT2D eigenvalue weighted by atomic mass is 16.1. The van der Waals surface area contributed by atoms with Gasteiger partial charge in [-0.1, -0.05) is 0 Å². The fourth-order valence-corrected chi connectivity index (χ4v) is 1.89. The van der Waals surface area contributed by atoms with Gasteiger partial charge in [0.25, 0.3) is 0 Å². The molecule has 1 aliphatic heterocycles. The van der Waals surface area contributed by atoms with E-state index in [1.807, 2.05) is 0 Å². The van der Waals surface area contributed by atoms with Gasteiger partial charge in [-0.05, 0) is 6.92 Å². The Hall–Kier alpha value is -2.44. The second-order valence-electron chi connectivity index (χ2n) is 3.85. The lowest BCUT2D eigenvalue weighted by Crippen LogP contribution is -2.30. The van der Waals surface area contributed by atoms with Gasteiger partial charge >= 0.3 is 5.69 Å². The monoisotopic (exact) mass is 231 g/mol. The number of nitrogens with zero attached hydrogens (tertiary/aromatic N) is 3. The molecule has 0 amide bonds. The van der Waals surface area contributed by atoms with Crippen LogP contribution < -0.4 is 11.0 Å². The Morgan fingerprint density at radius 2 is 2.35 bits per heavy atom. The van der Waals surface area contributed by atoms with Gasteiger partial charge in [0.2, 0.25) is 0 Å². The third kappa shape index (κ3) is 1.28. The number of carbonyl (C=O) groups excluding carboxylic acids is 1.